The van der Waals surface area contributed by atoms with Gasteiger partial charge in [-0.05, 0) is 61.2 Å². The van der Waals surface area contributed by atoms with Gasteiger partial charge in [0.25, 0.3) is 0 Å². The minimum Gasteiger partial charge on any atom is -0.495 e. The quantitative estimate of drug-likeness (QED) is 0.422. The van der Waals surface area contributed by atoms with E-state index >= 15 is 0 Å². The van der Waals surface area contributed by atoms with Gasteiger partial charge in [-0.1, -0.05) is 6.07 Å². The van der Waals surface area contributed by atoms with E-state index in [1.807, 2.05) is 35.9 Å². The van der Waals surface area contributed by atoms with E-state index in [1.165, 1.54) is 4.90 Å². The molecule has 166 valence electrons. The van der Waals surface area contributed by atoms with Gasteiger partial charge in [-0.3, -0.25) is 4.79 Å². The number of hydrogen-bond acceptors (Lipinski definition) is 3. The van der Waals surface area contributed by atoms with Crippen molar-refractivity contribution >= 4 is 12.0 Å². The second-order valence-electron chi connectivity index (χ2n) is 7.73. The number of piperidine rings is 1. The van der Waals surface area contributed by atoms with Gasteiger partial charge in [0.15, 0.2) is 17.5 Å². The third-order valence-corrected chi connectivity index (χ3v) is 5.39. The SMILES string of the molecule is COc1cc(/C=C2\CCCN(Cc3cc(F)c(F)c(F)c3)C2=O)ccc1-n1cnc(C)c1. The number of hydrogen-bond donors (Lipinski definition) is 0. The highest BCUT2D eigenvalue weighted by molar-refractivity contribution is 5.98. The molecule has 1 aliphatic rings. The van der Waals surface area contributed by atoms with Gasteiger partial charge in [-0.25, -0.2) is 18.2 Å². The summed E-state index contributed by atoms with van der Waals surface area (Å²) in [6.07, 6.45) is 6.69. The number of carbonyl (C=O) groups excluding carboxylic acids is 1. The molecule has 1 amide bonds. The van der Waals surface area contributed by atoms with Crippen molar-refractivity contribution in [2.75, 3.05) is 13.7 Å². The summed E-state index contributed by atoms with van der Waals surface area (Å²) >= 11 is 0. The van der Waals surface area contributed by atoms with Crippen molar-refractivity contribution < 1.29 is 22.7 Å². The fraction of sp³-hybridized carbons (Fsp3) is 0.250. The van der Waals surface area contributed by atoms with Crippen LogP contribution in [0.4, 0.5) is 13.2 Å². The zero-order valence-electron chi connectivity index (χ0n) is 17.7. The van der Waals surface area contributed by atoms with Crippen LogP contribution in [0.1, 0.15) is 29.7 Å². The molecule has 0 saturated carbocycles. The van der Waals surface area contributed by atoms with E-state index in [4.69, 9.17) is 4.74 Å². The number of imidazole rings is 1. The van der Waals surface area contributed by atoms with Crippen LogP contribution in [-0.4, -0.2) is 34.0 Å². The first-order chi connectivity index (χ1) is 15.4. The molecule has 0 unspecified atom stereocenters. The summed E-state index contributed by atoms with van der Waals surface area (Å²) in [6.45, 7) is 2.36. The van der Waals surface area contributed by atoms with Crippen molar-refractivity contribution in [3.8, 4) is 11.4 Å². The molecule has 0 bridgehead atoms. The molecule has 2 heterocycles. The number of likely N-dealkylation sites (tertiary alicyclic amines) is 1. The molecule has 2 aromatic carbocycles. The van der Waals surface area contributed by atoms with Gasteiger partial charge in [-0.15, -0.1) is 0 Å². The largest absolute Gasteiger partial charge is 0.495 e. The number of aryl methyl sites for hydroxylation is 1. The van der Waals surface area contributed by atoms with Gasteiger partial charge in [0.2, 0.25) is 5.91 Å². The van der Waals surface area contributed by atoms with E-state index in [0.29, 0.717) is 30.7 Å². The predicted octanol–water partition coefficient (Wildman–Crippen LogP) is 4.81. The molecular formula is C24H22F3N3O2. The number of benzene rings is 2. The van der Waals surface area contributed by atoms with Crippen LogP contribution in [0.2, 0.25) is 0 Å². The highest BCUT2D eigenvalue weighted by Crippen LogP contribution is 2.28. The number of carbonyl (C=O) groups is 1. The van der Waals surface area contributed by atoms with Crippen molar-refractivity contribution in [1.82, 2.24) is 14.5 Å². The molecule has 0 N–H and O–H groups in total. The van der Waals surface area contributed by atoms with Crippen LogP contribution in [0.25, 0.3) is 11.8 Å². The molecule has 1 aliphatic heterocycles. The first-order valence-corrected chi connectivity index (χ1v) is 10.2. The topological polar surface area (TPSA) is 47.4 Å². The first-order valence-electron chi connectivity index (χ1n) is 10.2. The molecule has 0 atom stereocenters. The van der Waals surface area contributed by atoms with Crippen LogP contribution < -0.4 is 4.74 Å². The summed E-state index contributed by atoms with van der Waals surface area (Å²) in [5, 5.41) is 0. The van der Waals surface area contributed by atoms with E-state index in [-0.39, 0.29) is 18.0 Å². The summed E-state index contributed by atoms with van der Waals surface area (Å²) in [7, 11) is 1.58. The Morgan fingerprint density at radius 3 is 2.56 bits per heavy atom. The highest BCUT2D eigenvalue weighted by atomic mass is 19.2. The van der Waals surface area contributed by atoms with Gasteiger partial charge < -0.3 is 14.2 Å². The van der Waals surface area contributed by atoms with Crippen LogP contribution in [0.15, 0.2) is 48.4 Å². The van der Waals surface area contributed by atoms with Crippen molar-refractivity contribution in [3.63, 3.8) is 0 Å². The molecule has 0 spiro atoms. The molecule has 0 aliphatic carbocycles. The summed E-state index contributed by atoms with van der Waals surface area (Å²) in [6, 6.07) is 7.46. The minimum absolute atomic E-state index is 0.00648. The summed E-state index contributed by atoms with van der Waals surface area (Å²) < 4.78 is 47.7. The van der Waals surface area contributed by atoms with E-state index in [1.54, 1.807) is 19.5 Å². The molecular weight excluding hydrogens is 419 g/mol. The Labute approximate surface area is 183 Å². The van der Waals surface area contributed by atoms with Crippen molar-refractivity contribution in [2.45, 2.75) is 26.3 Å². The molecule has 1 fully saturated rings. The van der Waals surface area contributed by atoms with Crippen molar-refractivity contribution in [2.24, 2.45) is 0 Å². The summed E-state index contributed by atoms with van der Waals surface area (Å²) in [5.74, 6) is -3.62. The fourth-order valence-corrected chi connectivity index (χ4v) is 3.83. The Hall–Kier alpha value is -3.55. The minimum atomic E-state index is -1.51. The zero-order chi connectivity index (χ0) is 22.8. The van der Waals surface area contributed by atoms with Crippen LogP contribution in [-0.2, 0) is 11.3 Å². The Morgan fingerprint density at radius 1 is 1.16 bits per heavy atom. The average molecular weight is 441 g/mol. The van der Waals surface area contributed by atoms with Crippen LogP contribution >= 0.6 is 0 Å². The Balaban J connectivity index is 1.57. The van der Waals surface area contributed by atoms with E-state index in [0.717, 1.165) is 29.1 Å². The molecule has 3 aromatic rings. The Morgan fingerprint density at radius 2 is 1.91 bits per heavy atom. The third-order valence-electron chi connectivity index (χ3n) is 5.39. The number of nitrogens with zero attached hydrogens (tertiary/aromatic N) is 3. The van der Waals surface area contributed by atoms with Gasteiger partial charge >= 0.3 is 0 Å². The Bertz CT molecular complexity index is 1180. The number of rotatable bonds is 5. The molecule has 1 aromatic heterocycles. The predicted molar refractivity (Wildman–Crippen MR) is 114 cm³/mol. The average Bonchev–Trinajstić information content (AvgIpc) is 3.20. The second-order valence-corrected chi connectivity index (χ2v) is 7.73. The third kappa shape index (κ3) is 4.39. The van der Waals surface area contributed by atoms with Crippen LogP contribution in [0.3, 0.4) is 0 Å². The van der Waals surface area contributed by atoms with Crippen molar-refractivity contribution in [1.29, 1.82) is 0 Å². The smallest absolute Gasteiger partial charge is 0.250 e. The lowest BCUT2D eigenvalue weighted by molar-refractivity contribution is -0.129. The van der Waals surface area contributed by atoms with E-state index in [2.05, 4.69) is 4.98 Å². The Kier molecular flexibility index (Phi) is 6.03. The number of ether oxygens (including phenoxy) is 1. The number of halogens is 3. The van der Waals surface area contributed by atoms with E-state index in [9.17, 15) is 18.0 Å². The summed E-state index contributed by atoms with van der Waals surface area (Å²) in [5.41, 5.74) is 3.30. The molecule has 1 saturated heterocycles. The van der Waals surface area contributed by atoms with E-state index < -0.39 is 17.5 Å². The van der Waals surface area contributed by atoms with Gasteiger partial charge in [-0.2, -0.15) is 0 Å². The van der Waals surface area contributed by atoms with Gasteiger partial charge in [0.05, 0.1) is 24.8 Å². The fourth-order valence-electron chi connectivity index (χ4n) is 3.83. The standard InChI is InChI=1S/C24H22F3N3O2/c1-15-12-30(14-28-15)21-6-5-16(11-22(21)32-2)8-18-4-3-7-29(24(18)31)13-17-9-19(25)23(27)20(26)10-17/h5-6,8-12,14H,3-4,7,13H2,1-2H3/b18-8+. The lowest BCUT2D eigenvalue weighted by Crippen LogP contribution is -2.36. The summed E-state index contributed by atoms with van der Waals surface area (Å²) in [4.78, 5) is 18.7. The molecule has 8 heteroatoms. The van der Waals surface area contributed by atoms with Crippen LogP contribution in [0, 0.1) is 24.4 Å². The van der Waals surface area contributed by atoms with Gasteiger partial charge in [0, 0.05) is 24.9 Å². The maximum atomic E-state index is 13.5. The molecule has 4 rings (SSSR count). The lowest BCUT2D eigenvalue weighted by atomic mass is 10.00. The number of aromatic nitrogens is 2. The number of methoxy groups -OCH3 is 1. The zero-order valence-corrected chi connectivity index (χ0v) is 17.7. The second kappa shape index (κ2) is 8.90. The molecule has 32 heavy (non-hydrogen) atoms. The normalized spacial score (nSPS) is 15.5. The van der Waals surface area contributed by atoms with Crippen molar-refractivity contribution in [3.05, 3.63) is 82.7 Å². The first kappa shape index (κ1) is 21.7. The number of amides is 1. The molecule has 5 nitrogen and oxygen atoms in total. The van der Waals surface area contributed by atoms with Crippen LogP contribution in [0.5, 0.6) is 5.75 Å². The maximum absolute atomic E-state index is 13.5. The maximum Gasteiger partial charge on any atom is 0.250 e. The van der Waals surface area contributed by atoms with Gasteiger partial charge in [0.1, 0.15) is 5.75 Å². The highest BCUT2D eigenvalue weighted by Gasteiger charge is 2.24. The lowest BCUT2D eigenvalue weighted by Gasteiger charge is -2.28. The monoisotopic (exact) mass is 441 g/mol. The molecule has 0 radical (unpaired) electrons.